The van der Waals surface area contributed by atoms with E-state index in [-0.39, 0.29) is 11.6 Å². The van der Waals surface area contributed by atoms with E-state index in [1.54, 1.807) is 11.8 Å². The summed E-state index contributed by atoms with van der Waals surface area (Å²) in [4.78, 5) is 9.00. The van der Waals surface area contributed by atoms with E-state index in [9.17, 15) is 0 Å². The lowest BCUT2D eigenvalue weighted by atomic mass is 9.75. The van der Waals surface area contributed by atoms with E-state index in [4.69, 9.17) is 9.73 Å². The Balaban J connectivity index is 1.63. The van der Waals surface area contributed by atoms with E-state index >= 15 is 0 Å². The zero-order chi connectivity index (χ0) is 18.8. The molecule has 2 atom stereocenters. The smallest absolute Gasteiger partial charge is 0.169 e. The molecular formula is C23H24N2OS. The van der Waals surface area contributed by atoms with Crippen LogP contribution < -0.4 is 4.74 Å². The minimum atomic E-state index is -0.0831. The second kappa shape index (κ2) is 5.90. The van der Waals surface area contributed by atoms with Gasteiger partial charge >= 0.3 is 0 Å². The first-order chi connectivity index (χ1) is 13.0. The van der Waals surface area contributed by atoms with Gasteiger partial charge in [0.05, 0.1) is 18.3 Å². The van der Waals surface area contributed by atoms with Gasteiger partial charge in [0.1, 0.15) is 5.75 Å². The van der Waals surface area contributed by atoms with Crippen LogP contribution in [0.5, 0.6) is 5.75 Å². The van der Waals surface area contributed by atoms with Gasteiger partial charge in [-0.1, -0.05) is 59.8 Å². The SMILES string of the molecule is CC1=C(c2ccc(C)cc2)N2C(=N[C@H]3c4ccccc4OC[C@@H]3C2(C)C)S1. The molecule has 3 aliphatic rings. The molecule has 2 aromatic rings. The second-order valence-corrected chi connectivity index (χ2v) is 9.36. The standard InChI is InChI=1S/C23H24N2OS/c1-14-9-11-16(12-10-14)21-15(2)27-22-24-20-17-7-5-6-8-19(17)26-13-18(20)23(3,4)25(21)22/h5-12,18,20H,13H2,1-4H3/t18-,20-/m0/s1. The van der Waals surface area contributed by atoms with E-state index in [1.165, 1.54) is 27.3 Å². The Morgan fingerprint density at radius 3 is 2.59 bits per heavy atom. The third kappa shape index (κ3) is 2.46. The summed E-state index contributed by atoms with van der Waals surface area (Å²) in [7, 11) is 0. The third-order valence-electron chi connectivity index (χ3n) is 6.09. The van der Waals surface area contributed by atoms with Crippen molar-refractivity contribution in [2.75, 3.05) is 6.61 Å². The molecule has 2 aromatic carbocycles. The highest BCUT2D eigenvalue weighted by Gasteiger charge is 2.52. The summed E-state index contributed by atoms with van der Waals surface area (Å²) in [6.07, 6.45) is 0. The average Bonchev–Trinajstić information content (AvgIpc) is 2.99. The van der Waals surface area contributed by atoms with Crippen molar-refractivity contribution in [2.24, 2.45) is 10.9 Å². The highest BCUT2D eigenvalue weighted by atomic mass is 32.2. The van der Waals surface area contributed by atoms with Gasteiger partial charge in [0.25, 0.3) is 0 Å². The highest BCUT2D eigenvalue weighted by Crippen LogP contribution is 2.54. The molecule has 4 heteroatoms. The summed E-state index contributed by atoms with van der Waals surface area (Å²) in [5.74, 6) is 1.29. The summed E-state index contributed by atoms with van der Waals surface area (Å²) >= 11 is 1.80. The topological polar surface area (TPSA) is 24.8 Å². The van der Waals surface area contributed by atoms with Crippen LogP contribution in [0.2, 0.25) is 0 Å². The Morgan fingerprint density at radius 2 is 1.81 bits per heavy atom. The van der Waals surface area contributed by atoms with Gasteiger partial charge in [-0.3, -0.25) is 4.99 Å². The fraction of sp³-hybridized carbons (Fsp3) is 0.348. The molecule has 0 bridgehead atoms. The van der Waals surface area contributed by atoms with Gasteiger partial charge in [-0.05, 0) is 39.3 Å². The number of hydrogen-bond donors (Lipinski definition) is 0. The molecule has 3 heterocycles. The Morgan fingerprint density at radius 1 is 1.07 bits per heavy atom. The second-order valence-electron chi connectivity index (χ2n) is 8.17. The maximum absolute atomic E-state index is 6.14. The van der Waals surface area contributed by atoms with Crippen LogP contribution in [0.25, 0.3) is 5.70 Å². The third-order valence-corrected chi connectivity index (χ3v) is 7.06. The number of rotatable bonds is 1. The quantitative estimate of drug-likeness (QED) is 0.645. The number of hydrogen-bond acceptors (Lipinski definition) is 4. The van der Waals surface area contributed by atoms with E-state index < -0.39 is 0 Å². The number of aryl methyl sites for hydroxylation is 1. The lowest BCUT2D eigenvalue weighted by molar-refractivity contribution is 0.0745. The van der Waals surface area contributed by atoms with Crippen LogP contribution in [0.4, 0.5) is 0 Å². The number of ether oxygens (including phenoxy) is 1. The van der Waals surface area contributed by atoms with Crippen molar-refractivity contribution in [3.63, 3.8) is 0 Å². The number of para-hydroxylation sites is 1. The van der Waals surface area contributed by atoms with Crippen molar-refractivity contribution in [3.8, 4) is 5.75 Å². The minimum absolute atomic E-state index is 0.0831. The minimum Gasteiger partial charge on any atom is -0.493 e. The molecule has 3 nitrogen and oxygen atoms in total. The molecule has 0 unspecified atom stereocenters. The van der Waals surface area contributed by atoms with E-state index in [1.807, 2.05) is 6.07 Å². The van der Waals surface area contributed by atoms with Crippen molar-refractivity contribution in [1.29, 1.82) is 0 Å². The molecule has 0 fully saturated rings. The van der Waals surface area contributed by atoms with Crippen molar-refractivity contribution in [2.45, 2.75) is 39.3 Å². The lowest BCUT2D eigenvalue weighted by Crippen LogP contribution is -2.56. The van der Waals surface area contributed by atoms with Gasteiger partial charge in [-0.2, -0.15) is 0 Å². The fourth-order valence-corrected chi connectivity index (χ4v) is 5.69. The van der Waals surface area contributed by atoms with Crippen LogP contribution in [0, 0.1) is 12.8 Å². The number of allylic oxidation sites excluding steroid dienone is 1. The predicted octanol–water partition coefficient (Wildman–Crippen LogP) is 5.63. The number of fused-ring (bicyclic) bond motifs is 4. The average molecular weight is 377 g/mol. The molecule has 0 spiro atoms. The molecule has 0 N–H and O–H groups in total. The van der Waals surface area contributed by atoms with Crippen LogP contribution in [-0.4, -0.2) is 22.2 Å². The van der Waals surface area contributed by atoms with Crippen LogP contribution >= 0.6 is 11.8 Å². The molecule has 0 amide bonds. The normalized spacial score (nSPS) is 25.3. The van der Waals surface area contributed by atoms with Gasteiger partial charge < -0.3 is 9.64 Å². The number of thioether (sulfide) groups is 1. The molecule has 0 saturated carbocycles. The van der Waals surface area contributed by atoms with Crippen molar-refractivity contribution in [3.05, 3.63) is 70.1 Å². The summed E-state index contributed by atoms with van der Waals surface area (Å²) < 4.78 is 6.14. The Hall–Kier alpha value is -2.20. The Bertz CT molecular complexity index is 974. The zero-order valence-corrected chi connectivity index (χ0v) is 17.0. The number of aliphatic imine (C=N–C) groups is 1. The highest BCUT2D eigenvalue weighted by molar-refractivity contribution is 8.17. The Kier molecular flexibility index (Phi) is 3.70. The molecule has 0 aromatic heterocycles. The molecule has 0 aliphatic carbocycles. The summed E-state index contributed by atoms with van der Waals surface area (Å²) in [6.45, 7) is 9.72. The van der Waals surface area contributed by atoms with Crippen molar-refractivity contribution < 1.29 is 4.74 Å². The van der Waals surface area contributed by atoms with Crippen LogP contribution in [-0.2, 0) is 0 Å². The molecule has 0 saturated heterocycles. The van der Waals surface area contributed by atoms with Gasteiger partial charge in [0.2, 0.25) is 0 Å². The summed E-state index contributed by atoms with van der Waals surface area (Å²) in [6, 6.07) is 17.4. The van der Waals surface area contributed by atoms with E-state index in [2.05, 4.69) is 75.1 Å². The van der Waals surface area contributed by atoms with Crippen LogP contribution in [0.15, 0.2) is 58.4 Å². The zero-order valence-electron chi connectivity index (χ0n) is 16.2. The van der Waals surface area contributed by atoms with Crippen molar-refractivity contribution >= 4 is 22.6 Å². The monoisotopic (exact) mass is 376 g/mol. The molecule has 138 valence electrons. The molecule has 27 heavy (non-hydrogen) atoms. The van der Waals surface area contributed by atoms with Gasteiger partial charge in [-0.15, -0.1) is 0 Å². The van der Waals surface area contributed by atoms with E-state index in [0.717, 1.165) is 10.9 Å². The summed E-state index contributed by atoms with van der Waals surface area (Å²) in [5.41, 5.74) is 4.98. The maximum atomic E-state index is 6.14. The van der Waals surface area contributed by atoms with Crippen molar-refractivity contribution in [1.82, 2.24) is 4.90 Å². The number of nitrogens with zero attached hydrogens (tertiary/aromatic N) is 2. The maximum Gasteiger partial charge on any atom is 0.169 e. The van der Waals surface area contributed by atoms with Crippen LogP contribution in [0.3, 0.4) is 0 Å². The fourth-order valence-electron chi connectivity index (χ4n) is 4.52. The van der Waals surface area contributed by atoms with Gasteiger partial charge in [-0.25, -0.2) is 0 Å². The predicted molar refractivity (Wildman–Crippen MR) is 113 cm³/mol. The first kappa shape index (κ1) is 16.9. The van der Waals surface area contributed by atoms with Crippen LogP contribution in [0.1, 0.15) is 43.5 Å². The number of benzene rings is 2. The van der Waals surface area contributed by atoms with Gasteiger partial charge in [0.15, 0.2) is 5.17 Å². The first-order valence-corrected chi connectivity index (χ1v) is 10.3. The van der Waals surface area contributed by atoms with E-state index in [0.29, 0.717) is 12.5 Å². The van der Waals surface area contributed by atoms with Gasteiger partial charge in [0, 0.05) is 21.9 Å². The molecule has 3 aliphatic heterocycles. The molecular weight excluding hydrogens is 352 g/mol. The molecule has 5 rings (SSSR count). The summed E-state index contributed by atoms with van der Waals surface area (Å²) in [5, 5.41) is 1.12. The largest absolute Gasteiger partial charge is 0.493 e. The number of amidine groups is 1. The Labute approximate surface area is 165 Å². The molecule has 0 radical (unpaired) electrons. The first-order valence-electron chi connectivity index (χ1n) is 9.52. The lowest BCUT2D eigenvalue weighted by Gasteiger charge is -2.51.